The van der Waals surface area contributed by atoms with Crippen LogP contribution >= 0.6 is 0 Å². The van der Waals surface area contributed by atoms with Crippen molar-refractivity contribution < 1.29 is 0 Å². The van der Waals surface area contributed by atoms with Crippen molar-refractivity contribution in [3.63, 3.8) is 0 Å². The van der Waals surface area contributed by atoms with Crippen LogP contribution < -0.4 is 22.5 Å². The van der Waals surface area contributed by atoms with E-state index >= 15 is 0 Å². The van der Waals surface area contributed by atoms with Gasteiger partial charge >= 0.3 is 11.4 Å². The lowest BCUT2D eigenvalue weighted by molar-refractivity contribution is 0.558. The summed E-state index contributed by atoms with van der Waals surface area (Å²) < 4.78 is 2.96. The highest BCUT2D eigenvalue weighted by atomic mass is 16.2. The fourth-order valence-corrected chi connectivity index (χ4v) is 1.80. The molecule has 0 saturated carbocycles. The summed E-state index contributed by atoms with van der Waals surface area (Å²) in [7, 11) is 0. The van der Waals surface area contributed by atoms with Crippen molar-refractivity contribution in [1.29, 1.82) is 0 Å². The van der Waals surface area contributed by atoms with E-state index in [0.717, 1.165) is 0 Å². The molecule has 0 aliphatic heterocycles. The molecule has 0 saturated heterocycles. The molecule has 2 aromatic rings. The predicted octanol–water partition coefficient (Wildman–Crippen LogP) is 1.18. The zero-order valence-corrected chi connectivity index (χ0v) is 13.9. The van der Waals surface area contributed by atoms with Gasteiger partial charge in [0.05, 0.1) is 0 Å². The number of aromatic amines is 2. The van der Waals surface area contributed by atoms with Gasteiger partial charge in [0.2, 0.25) is 0 Å². The third kappa shape index (κ3) is 5.53. The second-order valence-corrected chi connectivity index (χ2v) is 5.68. The van der Waals surface area contributed by atoms with E-state index in [0.29, 0.717) is 5.56 Å². The number of rotatable bonds is 2. The van der Waals surface area contributed by atoms with Gasteiger partial charge in [0, 0.05) is 36.1 Å². The Hall–Kier alpha value is -2.64. The van der Waals surface area contributed by atoms with Crippen LogP contribution in [0.5, 0.6) is 0 Å². The zero-order chi connectivity index (χ0) is 17.7. The molecule has 0 spiro atoms. The molecule has 2 heterocycles. The molecule has 0 unspecified atom stereocenters. The average Bonchev–Trinajstić information content (AvgIpc) is 2.42. The van der Waals surface area contributed by atoms with Crippen LogP contribution in [0.15, 0.2) is 37.6 Å². The van der Waals surface area contributed by atoms with Gasteiger partial charge in [-0.05, 0) is 34.6 Å². The molecule has 2 aromatic heterocycles. The summed E-state index contributed by atoms with van der Waals surface area (Å²) in [5.74, 6) is 0. The Morgan fingerprint density at radius 2 is 1.38 bits per heavy atom. The maximum atomic E-state index is 11.1. The molecule has 0 amide bonds. The quantitative estimate of drug-likeness (QED) is 0.856. The topological polar surface area (TPSA) is 110 Å². The molecule has 0 aliphatic carbocycles. The van der Waals surface area contributed by atoms with Gasteiger partial charge in [-0.3, -0.25) is 28.7 Å². The molecule has 24 heavy (non-hydrogen) atoms. The number of nitrogens with zero attached hydrogens (tertiary/aromatic N) is 2. The molecular weight excluding hydrogens is 312 g/mol. The van der Waals surface area contributed by atoms with Crippen LogP contribution in [0.2, 0.25) is 0 Å². The van der Waals surface area contributed by atoms with Crippen LogP contribution in [0.3, 0.4) is 0 Å². The van der Waals surface area contributed by atoms with E-state index in [1.165, 1.54) is 21.4 Å². The Morgan fingerprint density at radius 3 is 1.83 bits per heavy atom. The zero-order valence-electron chi connectivity index (χ0n) is 13.9. The van der Waals surface area contributed by atoms with Gasteiger partial charge in [-0.25, -0.2) is 9.59 Å². The molecule has 0 fully saturated rings. The third-order valence-corrected chi connectivity index (χ3v) is 3.11. The Morgan fingerprint density at radius 1 is 0.875 bits per heavy atom. The minimum atomic E-state index is -0.355. The molecule has 0 aromatic carbocycles. The largest absolute Gasteiger partial charge is 0.328 e. The first-order valence-electron chi connectivity index (χ1n) is 7.27. The van der Waals surface area contributed by atoms with Crippen LogP contribution in [0.1, 0.15) is 52.8 Å². The number of H-pyrrole nitrogens is 2. The van der Waals surface area contributed by atoms with E-state index in [2.05, 4.69) is 9.97 Å². The standard InChI is InChI=1S/C8H12N2O2.C7H10N2O2.CH4/c1-5(2)10-4-6(3)7(11)9-8(10)12;1-5(2)9-4-3-6(10)8-7(9)11;/h4-5H,1-3H3,(H,9,11,12);3-5H,1-2H3,(H,8,10,11);1H4. The minimum Gasteiger partial charge on any atom is -0.298 e. The summed E-state index contributed by atoms with van der Waals surface area (Å²) in [6.07, 6.45) is 3.07. The SMILES string of the molecule is C.CC(C)n1ccc(=O)[nH]c1=O.Cc1cn(C(C)C)c(=O)[nH]c1=O. The van der Waals surface area contributed by atoms with Gasteiger partial charge in [0.25, 0.3) is 11.1 Å². The van der Waals surface area contributed by atoms with E-state index in [4.69, 9.17) is 0 Å². The molecule has 0 aliphatic rings. The second kappa shape index (κ2) is 8.85. The van der Waals surface area contributed by atoms with Crippen molar-refractivity contribution in [2.45, 2.75) is 54.1 Å². The Kier molecular flexibility index (Phi) is 7.88. The van der Waals surface area contributed by atoms with Crippen LogP contribution in [0, 0.1) is 6.92 Å². The summed E-state index contributed by atoms with van der Waals surface area (Å²) in [4.78, 5) is 48.1. The molecule has 0 bridgehead atoms. The number of hydrogen-bond donors (Lipinski definition) is 2. The molecule has 8 nitrogen and oxygen atoms in total. The fourth-order valence-electron chi connectivity index (χ4n) is 1.80. The van der Waals surface area contributed by atoms with Crippen LogP contribution in [0.4, 0.5) is 0 Å². The third-order valence-electron chi connectivity index (χ3n) is 3.11. The van der Waals surface area contributed by atoms with Crippen LogP contribution in [-0.2, 0) is 0 Å². The second-order valence-electron chi connectivity index (χ2n) is 5.68. The van der Waals surface area contributed by atoms with Gasteiger partial charge in [0.15, 0.2) is 0 Å². The summed E-state index contributed by atoms with van der Waals surface area (Å²) in [6.45, 7) is 9.20. The first kappa shape index (κ1) is 21.4. The van der Waals surface area contributed by atoms with Crippen LogP contribution in [0.25, 0.3) is 0 Å². The molecule has 8 heteroatoms. The average molecular weight is 338 g/mol. The minimum absolute atomic E-state index is 0. The number of aryl methyl sites for hydroxylation is 1. The molecule has 0 atom stereocenters. The first-order chi connectivity index (χ1) is 10.6. The summed E-state index contributed by atoms with van der Waals surface area (Å²) in [5.41, 5.74) is -0.805. The van der Waals surface area contributed by atoms with E-state index in [1.54, 1.807) is 13.1 Å². The first-order valence-corrected chi connectivity index (χ1v) is 7.27. The highest BCUT2D eigenvalue weighted by molar-refractivity contribution is 5.01. The lowest BCUT2D eigenvalue weighted by Gasteiger charge is -2.08. The smallest absolute Gasteiger partial charge is 0.298 e. The molecule has 134 valence electrons. The lowest BCUT2D eigenvalue weighted by atomic mass is 10.3. The Labute approximate surface area is 139 Å². The normalized spacial score (nSPS) is 10.1. The lowest BCUT2D eigenvalue weighted by Crippen LogP contribution is -2.31. The molecular formula is C16H26N4O4. The van der Waals surface area contributed by atoms with Crippen molar-refractivity contribution in [1.82, 2.24) is 19.1 Å². The van der Waals surface area contributed by atoms with Crippen LogP contribution in [-0.4, -0.2) is 19.1 Å². The molecule has 0 radical (unpaired) electrons. The van der Waals surface area contributed by atoms with Crippen molar-refractivity contribution in [2.24, 2.45) is 0 Å². The van der Waals surface area contributed by atoms with E-state index in [1.807, 2.05) is 27.7 Å². The maximum Gasteiger partial charge on any atom is 0.328 e. The van der Waals surface area contributed by atoms with E-state index in [9.17, 15) is 19.2 Å². The molecule has 2 rings (SSSR count). The fraction of sp³-hybridized carbons (Fsp3) is 0.500. The maximum absolute atomic E-state index is 11.1. The monoisotopic (exact) mass is 338 g/mol. The predicted molar refractivity (Wildman–Crippen MR) is 94.9 cm³/mol. The van der Waals surface area contributed by atoms with Gasteiger partial charge in [-0.1, -0.05) is 7.43 Å². The Bertz CT molecular complexity index is 884. The molecule has 2 N–H and O–H groups in total. The number of hydrogen-bond acceptors (Lipinski definition) is 4. The van der Waals surface area contributed by atoms with Crippen molar-refractivity contribution in [3.8, 4) is 0 Å². The van der Waals surface area contributed by atoms with Gasteiger partial charge < -0.3 is 0 Å². The summed E-state index contributed by atoms with van der Waals surface area (Å²) >= 11 is 0. The van der Waals surface area contributed by atoms with Crippen molar-refractivity contribution in [2.75, 3.05) is 0 Å². The highest BCUT2D eigenvalue weighted by Gasteiger charge is 2.02. The van der Waals surface area contributed by atoms with Crippen molar-refractivity contribution >= 4 is 0 Å². The summed E-state index contributed by atoms with van der Waals surface area (Å²) in [5, 5.41) is 0. The Balaban J connectivity index is 0.000000425. The van der Waals surface area contributed by atoms with E-state index < -0.39 is 0 Å². The van der Waals surface area contributed by atoms with Gasteiger partial charge in [-0.15, -0.1) is 0 Å². The number of nitrogens with one attached hydrogen (secondary N) is 2. The van der Waals surface area contributed by atoms with Crippen molar-refractivity contribution in [3.05, 3.63) is 65.7 Å². The number of aromatic nitrogens is 4. The highest BCUT2D eigenvalue weighted by Crippen LogP contribution is 1.97. The van der Waals surface area contributed by atoms with Gasteiger partial charge in [-0.2, -0.15) is 0 Å². The van der Waals surface area contributed by atoms with Gasteiger partial charge in [0.1, 0.15) is 0 Å². The van der Waals surface area contributed by atoms with E-state index in [-0.39, 0.29) is 42.0 Å². The summed E-state index contributed by atoms with van der Waals surface area (Å²) in [6, 6.07) is 1.49.